The molecule has 1 atom stereocenters. The van der Waals surface area contributed by atoms with Crippen molar-refractivity contribution in [1.29, 1.82) is 0 Å². The van der Waals surface area contributed by atoms with Gasteiger partial charge in [0.25, 0.3) is 0 Å². The molecule has 0 aliphatic rings. The van der Waals surface area contributed by atoms with Gasteiger partial charge in [0.05, 0.1) is 10.7 Å². The fourth-order valence-electron chi connectivity index (χ4n) is 2.38. The summed E-state index contributed by atoms with van der Waals surface area (Å²) in [5.41, 5.74) is 8.19. The van der Waals surface area contributed by atoms with Gasteiger partial charge in [-0.2, -0.15) is 0 Å². The standard InChI is InChI=1S/C17H30ClN3/c1-13(2)12-21(9-8-20(4)5)17-7-6-15(10-14(3)19)11-16(17)18/h6-7,11,13-14H,8-10,12,19H2,1-5H3. The molecule has 1 aromatic rings. The number of nitrogens with zero attached hydrogens (tertiary/aromatic N) is 2. The molecule has 4 heteroatoms. The van der Waals surface area contributed by atoms with Crippen LogP contribution in [0, 0.1) is 5.92 Å². The normalized spacial score (nSPS) is 13.0. The number of benzene rings is 1. The third kappa shape index (κ3) is 6.68. The maximum atomic E-state index is 6.51. The molecule has 3 nitrogen and oxygen atoms in total. The Morgan fingerprint density at radius 3 is 2.29 bits per heavy atom. The minimum absolute atomic E-state index is 0.160. The molecule has 0 aliphatic heterocycles. The van der Waals surface area contributed by atoms with Crippen LogP contribution in [0.2, 0.25) is 5.02 Å². The van der Waals surface area contributed by atoms with Crippen molar-refractivity contribution in [2.45, 2.75) is 33.2 Å². The summed E-state index contributed by atoms with van der Waals surface area (Å²) in [6.07, 6.45) is 0.863. The Morgan fingerprint density at radius 1 is 1.14 bits per heavy atom. The van der Waals surface area contributed by atoms with E-state index in [1.165, 1.54) is 5.56 Å². The second-order valence-electron chi connectivity index (χ2n) is 6.61. The predicted molar refractivity (Wildman–Crippen MR) is 94.4 cm³/mol. The highest BCUT2D eigenvalue weighted by Gasteiger charge is 2.13. The molecule has 0 spiro atoms. The molecule has 0 amide bonds. The average molecular weight is 312 g/mol. The summed E-state index contributed by atoms with van der Waals surface area (Å²) < 4.78 is 0. The van der Waals surface area contributed by atoms with Gasteiger partial charge in [0.1, 0.15) is 0 Å². The van der Waals surface area contributed by atoms with E-state index < -0.39 is 0 Å². The molecule has 0 aliphatic carbocycles. The van der Waals surface area contributed by atoms with Gasteiger partial charge >= 0.3 is 0 Å². The zero-order chi connectivity index (χ0) is 16.0. The fraction of sp³-hybridized carbons (Fsp3) is 0.647. The van der Waals surface area contributed by atoms with E-state index in [0.717, 1.165) is 36.8 Å². The molecule has 0 radical (unpaired) electrons. The van der Waals surface area contributed by atoms with Gasteiger partial charge in [-0.3, -0.25) is 0 Å². The third-order valence-corrected chi connectivity index (χ3v) is 3.62. The van der Waals surface area contributed by atoms with Crippen LogP contribution in [0.25, 0.3) is 0 Å². The lowest BCUT2D eigenvalue weighted by Crippen LogP contribution is -2.34. The SMILES string of the molecule is CC(C)CN(CCN(C)C)c1ccc(CC(C)N)cc1Cl. The largest absolute Gasteiger partial charge is 0.369 e. The second kappa shape index (κ2) is 8.62. The number of likely N-dealkylation sites (N-methyl/N-ethyl adjacent to an activating group) is 1. The van der Waals surface area contributed by atoms with Crippen LogP contribution in [0.1, 0.15) is 26.3 Å². The van der Waals surface area contributed by atoms with Crippen LogP contribution in [0.15, 0.2) is 18.2 Å². The summed E-state index contributed by atoms with van der Waals surface area (Å²) >= 11 is 6.51. The highest BCUT2D eigenvalue weighted by molar-refractivity contribution is 6.33. The number of rotatable bonds is 8. The first-order valence-electron chi connectivity index (χ1n) is 7.73. The van der Waals surface area contributed by atoms with E-state index in [1.807, 2.05) is 6.92 Å². The van der Waals surface area contributed by atoms with Crippen LogP contribution in [-0.4, -0.2) is 44.7 Å². The molecule has 21 heavy (non-hydrogen) atoms. The summed E-state index contributed by atoms with van der Waals surface area (Å²) in [5.74, 6) is 0.604. The lowest BCUT2D eigenvalue weighted by Gasteiger charge is -2.29. The van der Waals surface area contributed by atoms with Gasteiger partial charge in [-0.15, -0.1) is 0 Å². The quantitative estimate of drug-likeness (QED) is 0.800. The van der Waals surface area contributed by atoms with Gasteiger partial charge in [0.15, 0.2) is 0 Å². The Bertz CT molecular complexity index is 430. The van der Waals surface area contributed by atoms with Crippen molar-refractivity contribution in [3.63, 3.8) is 0 Å². The number of anilines is 1. The molecule has 0 fully saturated rings. The first-order chi connectivity index (χ1) is 9.79. The monoisotopic (exact) mass is 311 g/mol. The van der Waals surface area contributed by atoms with E-state index in [2.05, 4.69) is 55.9 Å². The van der Waals surface area contributed by atoms with Crippen LogP contribution in [-0.2, 0) is 6.42 Å². The Labute approximate surface area is 135 Å². The maximum Gasteiger partial charge on any atom is 0.0642 e. The van der Waals surface area contributed by atoms with Crippen LogP contribution in [0.3, 0.4) is 0 Å². The van der Waals surface area contributed by atoms with E-state index in [-0.39, 0.29) is 6.04 Å². The van der Waals surface area contributed by atoms with E-state index in [9.17, 15) is 0 Å². The second-order valence-corrected chi connectivity index (χ2v) is 7.02. The lowest BCUT2D eigenvalue weighted by molar-refractivity contribution is 0.409. The molecule has 2 N–H and O–H groups in total. The summed E-state index contributed by atoms with van der Waals surface area (Å²) in [5, 5.41) is 0.826. The van der Waals surface area contributed by atoms with Gasteiger partial charge in [-0.1, -0.05) is 31.5 Å². The molecule has 0 heterocycles. The minimum Gasteiger partial charge on any atom is -0.369 e. The lowest BCUT2D eigenvalue weighted by atomic mass is 10.1. The minimum atomic E-state index is 0.160. The highest BCUT2D eigenvalue weighted by Crippen LogP contribution is 2.28. The molecule has 1 rings (SSSR count). The first-order valence-corrected chi connectivity index (χ1v) is 8.11. The van der Waals surface area contributed by atoms with Gasteiger partial charge in [0.2, 0.25) is 0 Å². The molecule has 1 aromatic carbocycles. The number of hydrogen-bond donors (Lipinski definition) is 1. The molecule has 120 valence electrons. The van der Waals surface area contributed by atoms with Crippen molar-refractivity contribution in [3.8, 4) is 0 Å². The number of halogens is 1. The topological polar surface area (TPSA) is 32.5 Å². The zero-order valence-electron chi connectivity index (χ0n) is 14.1. The van der Waals surface area contributed by atoms with E-state index >= 15 is 0 Å². The fourth-order valence-corrected chi connectivity index (χ4v) is 2.70. The Morgan fingerprint density at radius 2 is 1.81 bits per heavy atom. The van der Waals surface area contributed by atoms with Crippen molar-refractivity contribution >= 4 is 17.3 Å². The van der Waals surface area contributed by atoms with Gasteiger partial charge < -0.3 is 15.5 Å². The highest BCUT2D eigenvalue weighted by atomic mass is 35.5. The molecule has 0 bridgehead atoms. The summed E-state index contributed by atoms with van der Waals surface area (Å²) in [6.45, 7) is 9.51. The number of nitrogens with two attached hydrogens (primary N) is 1. The Balaban J connectivity index is 2.90. The zero-order valence-corrected chi connectivity index (χ0v) is 14.8. The smallest absolute Gasteiger partial charge is 0.0642 e. The predicted octanol–water partition coefficient (Wildman–Crippen LogP) is 3.25. The van der Waals surface area contributed by atoms with Crippen molar-refractivity contribution in [3.05, 3.63) is 28.8 Å². The average Bonchev–Trinajstić information content (AvgIpc) is 2.33. The van der Waals surface area contributed by atoms with Crippen molar-refractivity contribution in [2.24, 2.45) is 11.7 Å². The van der Waals surface area contributed by atoms with Crippen molar-refractivity contribution in [2.75, 3.05) is 38.6 Å². The molecule has 0 saturated carbocycles. The van der Waals surface area contributed by atoms with Crippen molar-refractivity contribution < 1.29 is 0 Å². The van der Waals surface area contributed by atoms with Crippen LogP contribution in [0.5, 0.6) is 0 Å². The van der Waals surface area contributed by atoms with E-state index in [0.29, 0.717) is 5.92 Å². The maximum absolute atomic E-state index is 6.51. The van der Waals surface area contributed by atoms with E-state index in [4.69, 9.17) is 17.3 Å². The van der Waals surface area contributed by atoms with E-state index in [1.54, 1.807) is 0 Å². The summed E-state index contributed by atoms with van der Waals surface area (Å²) in [4.78, 5) is 4.58. The van der Waals surface area contributed by atoms with Crippen LogP contribution in [0.4, 0.5) is 5.69 Å². The van der Waals surface area contributed by atoms with Crippen LogP contribution < -0.4 is 10.6 Å². The van der Waals surface area contributed by atoms with Gasteiger partial charge in [0, 0.05) is 25.7 Å². The first kappa shape index (κ1) is 18.3. The Kier molecular flexibility index (Phi) is 7.50. The molecular formula is C17H30ClN3. The van der Waals surface area contributed by atoms with Gasteiger partial charge in [-0.25, -0.2) is 0 Å². The third-order valence-electron chi connectivity index (χ3n) is 3.31. The summed E-state index contributed by atoms with van der Waals surface area (Å²) in [6, 6.07) is 6.50. The number of hydrogen-bond acceptors (Lipinski definition) is 3. The Hall–Kier alpha value is -0.770. The summed E-state index contributed by atoms with van der Waals surface area (Å²) in [7, 11) is 4.20. The molecular weight excluding hydrogens is 282 g/mol. The molecule has 0 aromatic heterocycles. The van der Waals surface area contributed by atoms with Crippen LogP contribution >= 0.6 is 11.6 Å². The molecule has 1 unspecified atom stereocenters. The van der Waals surface area contributed by atoms with Gasteiger partial charge in [-0.05, 0) is 51.1 Å². The van der Waals surface area contributed by atoms with Crippen molar-refractivity contribution in [1.82, 2.24) is 4.90 Å². The molecule has 0 saturated heterocycles.